The van der Waals surface area contributed by atoms with Gasteiger partial charge in [0.25, 0.3) is 0 Å². The molecule has 0 amide bonds. The van der Waals surface area contributed by atoms with Crippen LogP contribution in [0.5, 0.6) is 0 Å². The van der Waals surface area contributed by atoms with Gasteiger partial charge in [-0.05, 0) is 36.5 Å². The van der Waals surface area contributed by atoms with E-state index in [1.807, 2.05) is 12.3 Å². The predicted molar refractivity (Wildman–Crippen MR) is 71.3 cm³/mol. The molecule has 2 heteroatoms. The van der Waals surface area contributed by atoms with Crippen molar-refractivity contribution in [1.82, 2.24) is 9.55 Å². The highest BCUT2D eigenvalue weighted by molar-refractivity contribution is 5.81. The highest BCUT2D eigenvalue weighted by Crippen LogP contribution is 2.35. The maximum Gasteiger partial charge on any atom is 0.140 e. The molecule has 2 nitrogen and oxygen atoms in total. The zero-order valence-electron chi connectivity index (χ0n) is 10.7. The largest absolute Gasteiger partial charge is 0.329 e. The van der Waals surface area contributed by atoms with E-state index in [0.29, 0.717) is 12.0 Å². The van der Waals surface area contributed by atoms with Gasteiger partial charge in [-0.3, -0.25) is 0 Å². The van der Waals surface area contributed by atoms with Crippen molar-refractivity contribution >= 4 is 11.0 Å². The van der Waals surface area contributed by atoms with Crippen LogP contribution in [0, 0.1) is 0 Å². The molecule has 0 atom stereocenters. The van der Waals surface area contributed by atoms with E-state index >= 15 is 0 Å². The zero-order valence-corrected chi connectivity index (χ0v) is 10.7. The summed E-state index contributed by atoms with van der Waals surface area (Å²) in [6, 6.07) is 4.94. The summed E-state index contributed by atoms with van der Waals surface area (Å²) in [7, 11) is 0. The monoisotopic (exact) mass is 228 g/mol. The number of nitrogens with zero attached hydrogens (tertiary/aromatic N) is 2. The quantitative estimate of drug-likeness (QED) is 0.750. The van der Waals surface area contributed by atoms with Gasteiger partial charge in [0.1, 0.15) is 5.65 Å². The van der Waals surface area contributed by atoms with Crippen LogP contribution >= 0.6 is 0 Å². The second-order valence-corrected chi connectivity index (χ2v) is 5.46. The second kappa shape index (κ2) is 4.17. The van der Waals surface area contributed by atoms with Gasteiger partial charge in [0.2, 0.25) is 0 Å². The van der Waals surface area contributed by atoms with Crippen molar-refractivity contribution in [3.8, 4) is 0 Å². The molecule has 2 aromatic rings. The summed E-state index contributed by atoms with van der Waals surface area (Å²) >= 11 is 0. The predicted octanol–water partition coefficient (Wildman–Crippen LogP) is 4.27. The molecular formula is C15H20N2. The van der Waals surface area contributed by atoms with Crippen molar-refractivity contribution in [3.05, 3.63) is 30.1 Å². The summed E-state index contributed by atoms with van der Waals surface area (Å²) in [5.41, 5.74) is 2.63. The first-order valence-corrected chi connectivity index (χ1v) is 6.73. The third-order valence-electron chi connectivity index (χ3n) is 3.96. The van der Waals surface area contributed by atoms with E-state index in [2.05, 4.69) is 35.7 Å². The lowest BCUT2D eigenvalue weighted by Gasteiger charge is -2.12. The van der Waals surface area contributed by atoms with Gasteiger partial charge in [-0.15, -0.1) is 0 Å². The van der Waals surface area contributed by atoms with Crippen molar-refractivity contribution in [1.29, 1.82) is 0 Å². The van der Waals surface area contributed by atoms with Crippen LogP contribution in [-0.2, 0) is 0 Å². The number of fused-ring (bicyclic) bond motifs is 1. The number of rotatable bonds is 2. The summed E-state index contributed by atoms with van der Waals surface area (Å²) < 4.78 is 2.43. The minimum atomic E-state index is 0.573. The van der Waals surface area contributed by atoms with Crippen molar-refractivity contribution in [2.45, 2.75) is 51.5 Å². The Morgan fingerprint density at radius 1 is 1.29 bits per heavy atom. The molecule has 3 rings (SSSR count). The van der Waals surface area contributed by atoms with Crippen LogP contribution in [0.15, 0.2) is 24.5 Å². The topological polar surface area (TPSA) is 17.8 Å². The Balaban J connectivity index is 2.17. The molecule has 0 radical (unpaired) electrons. The molecule has 0 aromatic carbocycles. The summed E-state index contributed by atoms with van der Waals surface area (Å²) in [6.07, 6.45) is 9.63. The van der Waals surface area contributed by atoms with E-state index < -0.39 is 0 Å². The summed E-state index contributed by atoms with van der Waals surface area (Å²) in [5, 5.41) is 1.34. The van der Waals surface area contributed by atoms with Gasteiger partial charge in [0, 0.05) is 23.8 Å². The van der Waals surface area contributed by atoms with E-state index in [9.17, 15) is 0 Å². The van der Waals surface area contributed by atoms with Gasteiger partial charge in [-0.25, -0.2) is 4.98 Å². The maximum atomic E-state index is 4.59. The number of aromatic nitrogens is 2. The Hall–Kier alpha value is -1.31. The lowest BCUT2D eigenvalue weighted by atomic mass is 10.0. The molecule has 1 aliphatic rings. The van der Waals surface area contributed by atoms with Crippen LogP contribution in [-0.4, -0.2) is 9.55 Å². The lowest BCUT2D eigenvalue weighted by molar-refractivity contribution is 0.530. The molecular weight excluding hydrogens is 208 g/mol. The first kappa shape index (κ1) is 10.8. The van der Waals surface area contributed by atoms with Gasteiger partial charge < -0.3 is 4.57 Å². The molecule has 0 bridgehead atoms. The summed E-state index contributed by atoms with van der Waals surface area (Å²) in [5.74, 6) is 0.573. The minimum Gasteiger partial charge on any atom is -0.329 e. The fourth-order valence-electron chi connectivity index (χ4n) is 3.03. The number of hydrogen-bond donors (Lipinski definition) is 0. The van der Waals surface area contributed by atoms with Gasteiger partial charge in [-0.2, -0.15) is 0 Å². The van der Waals surface area contributed by atoms with E-state index in [1.165, 1.54) is 42.3 Å². The molecule has 2 heterocycles. The lowest BCUT2D eigenvalue weighted by Crippen LogP contribution is -2.03. The maximum absolute atomic E-state index is 4.59. The van der Waals surface area contributed by atoms with Crippen LogP contribution < -0.4 is 0 Å². The van der Waals surface area contributed by atoms with Gasteiger partial charge in [0.05, 0.1) is 0 Å². The standard InChI is InChI=1S/C15H20N2/c1-11(2)14-10-17(12-6-3-4-7-12)15-13(14)8-5-9-16-15/h5,8-12H,3-4,6-7H2,1-2H3. The smallest absolute Gasteiger partial charge is 0.140 e. The fourth-order valence-corrected chi connectivity index (χ4v) is 3.03. The highest BCUT2D eigenvalue weighted by Gasteiger charge is 2.21. The van der Waals surface area contributed by atoms with E-state index in [-0.39, 0.29) is 0 Å². The summed E-state index contributed by atoms with van der Waals surface area (Å²) in [4.78, 5) is 4.59. The van der Waals surface area contributed by atoms with Crippen LogP contribution in [0.2, 0.25) is 0 Å². The van der Waals surface area contributed by atoms with Crippen LogP contribution in [0.1, 0.15) is 57.1 Å². The first-order valence-electron chi connectivity index (χ1n) is 6.73. The third-order valence-corrected chi connectivity index (χ3v) is 3.96. The molecule has 0 saturated heterocycles. The summed E-state index contributed by atoms with van der Waals surface area (Å²) in [6.45, 7) is 4.53. The Morgan fingerprint density at radius 3 is 2.76 bits per heavy atom. The number of hydrogen-bond acceptors (Lipinski definition) is 1. The van der Waals surface area contributed by atoms with Gasteiger partial charge >= 0.3 is 0 Å². The molecule has 90 valence electrons. The van der Waals surface area contributed by atoms with Crippen LogP contribution in [0.25, 0.3) is 11.0 Å². The highest BCUT2D eigenvalue weighted by atomic mass is 15.1. The molecule has 0 unspecified atom stereocenters. The Kier molecular flexibility index (Phi) is 2.65. The molecule has 0 aliphatic heterocycles. The molecule has 17 heavy (non-hydrogen) atoms. The second-order valence-electron chi connectivity index (χ2n) is 5.46. The van der Waals surface area contributed by atoms with E-state index in [4.69, 9.17) is 0 Å². The average Bonchev–Trinajstić information content (AvgIpc) is 2.95. The van der Waals surface area contributed by atoms with E-state index in [0.717, 1.165) is 0 Å². The van der Waals surface area contributed by atoms with Crippen LogP contribution in [0.4, 0.5) is 0 Å². The fraction of sp³-hybridized carbons (Fsp3) is 0.533. The van der Waals surface area contributed by atoms with E-state index in [1.54, 1.807) is 0 Å². The van der Waals surface area contributed by atoms with Crippen molar-refractivity contribution in [2.75, 3.05) is 0 Å². The van der Waals surface area contributed by atoms with Gasteiger partial charge in [-0.1, -0.05) is 26.7 Å². The van der Waals surface area contributed by atoms with Crippen LogP contribution in [0.3, 0.4) is 0 Å². The zero-order chi connectivity index (χ0) is 11.8. The molecule has 1 fully saturated rings. The molecule has 2 aromatic heterocycles. The third kappa shape index (κ3) is 1.76. The molecule has 0 spiro atoms. The number of pyridine rings is 1. The molecule has 1 saturated carbocycles. The van der Waals surface area contributed by atoms with Crippen molar-refractivity contribution in [2.24, 2.45) is 0 Å². The van der Waals surface area contributed by atoms with Crippen molar-refractivity contribution < 1.29 is 0 Å². The first-order chi connectivity index (χ1) is 8.27. The Labute approximate surface area is 103 Å². The Morgan fingerprint density at radius 2 is 2.06 bits per heavy atom. The van der Waals surface area contributed by atoms with Gasteiger partial charge in [0.15, 0.2) is 0 Å². The molecule has 0 N–H and O–H groups in total. The normalized spacial score (nSPS) is 17.4. The van der Waals surface area contributed by atoms with Crippen molar-refractivity contribution in [3.63, 3.8) is 0 Å². The minimum absolute atomic E-state index is 0.573. The Bertz CT molecular complexity index is 519. The molecule has 1 aliphatic carbocycles. The SMILES string of the molecule is CC(C)c1cn(C2CCCC2)c2ncccc12. The average molecular weight is 228 g/mol.